The Kier molecular flexibility index (Phi) is 11.0. The van der Waals surface area contributed by atoms with Crippen LogP contribution in [0.4, 0.5) is 42.0 Å². The molecule has 16 heteroatoms. The number of fused-ring (bicyclic) bond motifs is 6. The van der Waals surface area contributed by atoms with Crippen molar-refractivity contribution in [3.63, 3.8) is 0 Å². The first-order valence-electron chi connectivity index (χ1n) is 14.0. The molecule has 1 amide bonds. The van der Waals surface area contributed by atoms with Crippen molar-refractivity contribution in [2.75, 3.05) is 43.1 Å². The predicted octanol–water partition coefficient (Wildman–Crippen LogP) is 5.31. The Hall–Kier alpha value is -3.79. The van der Waals surface area contributed by atoms with Gasteiger partial charge in [0.15, 0.2) is 5.82 Å². The lowest BCUT2D eigenvalue weighted by Gasteiger charge is -2.32. The van der Waals surface area contributed by atoms with Crippen LogP contribution in [0.15, 0.2) is 48.7 Å². The molecule has 242 valence electrons. The molecule has 5 rings (SSSR count). The van der Waals surface area contributed by atoms with E-state index in [1.54, 1.807) is 6.20 Å². The molecule has 0 unspecified atom stereocenters. The molecule has 3 aromatic rings. The first kappa shape index (κ1) is 34.1. The molecule has 3 N–H and O–H groups in total. The third-order valence-corrected chi connectivity index (χ3v) is 9.44. The number of nitrogens with zero attached hydrogens (tertiary/aromatic N) is 4. The first-order valence-corrected chi connectivity index (χ1v) is 15.8. The smallest absolute Gasteiger partial charge is 0.339 e. The van der Waals surface area contributed by atoms with Crippen molar-refractivity contribution in [3.8, 4) is 0 Å². The number of alkyl halides is 3. The van der Waals surface area contributed by atoms with Crippen LogP contribution in [0.2, 0.25) is 5.02 Å². The van der Waals surface area contributed by atoms with Crippen molar-refractivity contribution in [1.82, 2.24) is 18.6 Å². The SMILES string of the molecule is CN(C)S(=O)(=O)N1CCC(CC(=O)Nc2ccc3cc2CCc2cccc(c2)Nc2ncc(Cl)c(n2)N3)CC1.O=CC(F)(F)F. The van der Waals surface area contributed by atoms with Crippen LogP contribution in [-0.4, -0.2) is 72.6 Å². The number of benzene rings is 2. The molecule has 0 aliphatic carbocycles. The number of carbonyl (C=O) groups excluding carboxylic acids is 2. The Morgan fingerprint density at radius 3 is 2.47 bits per heavy atom. The van der Waals surface area contributed by atoms with Crippen LogP contribution < -0.4 is 16.0 Å². The zero-order valence-electron chi connectivity index (χ0n) is 24.6. The van der Waals surface area contributed by atoms with E-state index >= 15 is 0 Å². The molecule has 2 aliphatic heterocycles. The minimum absolute atomic E-state index is 0.0709. The topological polar surface area (TPSA) is 137 Å². The maximum absolute atomic E-state index is 13.1. The largest absolute Gasteiger partial charge is 0.446 e. The number of aromatic nitrogens is 2. The summed E-state index contributed by atoms with van der Waals surface area (Å²) in [5, 5.41) is 10.0. The summed E-state index contributed by atoms with van der Waals surface area (Å²) in [6, 6.07) is 13.9. The van der Waals surface area contributed by atoms with E-state index in [0.717, 1.165) is 34.6 Å². The van der Waals surface area contributed by atoms with Gasteiger partial charge in [0.1, 0.15) is 5.02 Å². The number of aryl methyl sites for hydroxylation is 2. The van der Waals surface area contributed by atoms with Crippen molar-refractivity contribution in [1.29, 1.82) is 0 Å². The van der Waals surface area contributed by atoms with Crippen LogP contribution in [0.3, 0.4) is 0 Å². The van der Waals surface area contributed by atoms with Gasteiger partial charge in [0.25, 0.3) is 10.2 Å². The molecule has 0 radical (unpaired) electrons. The van der Waals surface area contributed by atoms with Crippen molar-refractivity contribution in [2.45, 2.75) is 38.3 Å². The van der Waals surface area contributed by atoms with E-state index in [0.29, 0.717) is 55.6 Å². The molecular formula is C29H33ClF3N7O4S. The van der Waals surface area contributed by atoms with Crippen LogP contribution in [0.25, 0.3) is 0 Å². The summed E-state index contributed by atoms with van der Waals surface area (Å²) in [5.74, 6) is 0.981. The Morgan fingerprint density at radius 1 is 1.11 bits per heavy atom. The first-order chi connectivity index (χ1) is 21.2. The molecule has 45 heavy (non-hydrogen) atoms. The van der Waals surface area contributed by atoms with Crippen LogP contribution in [-0.2, 0) is 32.6 Å². The van der Waals surface area contributed by atoms with Crippen molar-refractivity contribution >= 4 is 62.8 Å². The highest BCUT2D eigenvalue weighted by Gasteiger charge is 2.30. The standard InChI is InChI=1S/C27H32ClN7O3S.C2HF3O/c1-34(2)39(37,38)35-12-10-19(11-13-35)15-25(36)32-24-9-8-22-16-20(24)7-6-18-4-3-5-21(14-18)31-27-29-17-23(28)26(30-22)33-27;3-2(4,5)1-6/h3-5,8-9,14,16-17,19H,6-7,10-13,15H2,1-2H3,(H,32,36)(H2,29,30,31,33);1H. The lowest BCUT2D eigenvalue weighted by Crippen LogP contribution is -2.44. The molecule has 0 spiro atoms. The molecule has 2 aromatic carbocycles. The number of nitrogens with one attached hydrogen (secondary N) is 3. The summed E-state index contributed by atoms with van der Waals surface area (Å²) < 4.78 is 58.7. The normalized spacial score (nSPS) is 15.6. The summed E-state index contributed by atoms with van der Waals surface area (Å²) in [4.78, 5) is 30.6. The summed E-state index contributed by atoms with van der Waals surface area (Å²) in [7, 11) is -0.353. The third-order valence-electron chi connectivity index (χ3n) is 7.22. The van der Waals surface area contributed by atoms with Crippen LogP contribution >= 0.6 is 11.6 Å². The zero-order chi connectivity index (χ0) is 32.8. The van der Waals surface area contributed by atoms with Crippen molar-refractivity contribution < 1.29 is 31.2 Å². The fraction of sp³-hybridized carbons (Fsp3) is 0.379. The van der Waals surface area contributed by atoms with Crippen molar-refractivity contribution in [2.24, 2.45) is 5.92 Å². The van der Waals surface area contributed by atoms with E-state index in [2.05, 4.69) is 38.1 Å². The molecule has 1 fully saturated rings. The lowest BCUT2D eigenvalue weighted by molar-refractivity contribution is -0.156. The molecule has 3 heterocycles. The molecule has 1 aromatic heterocycles. The zero-order valence-corrected chi connectivity index (χ0v) is 26.1. The number of carbonyl (C=O) groups is 2. The van der Waals surface area contributed by atoms with Gasteiger partial charge in [-0.25, -0.2) is 4.98 Å². The number of hydrogen-bond acceptors (Lipinski definition) is 8. The Labute approximate surface area is 264 Å². The molecule has 11 nitrogen and oxygen atoms in total. The van der Waals surface area contributed by atoms with Gasteiger partial charge in [-0.05, 0) is 73.1 Å². The number of hydrogen-bond donors (Lipinski definition) is 3. The predicted molar refractivity (Wildman–Crippen MR) is 166 cm³/mol. The second-order valence-corrected chi connectivity index (χ2v) is 13.3. The van der Waals surface area contributed by atoms with Gasteiger partial charge in [-0.3, -0.25) is 9.59 Å². The summed E-state index contributed by atoms with van der Waals surface area (Å²) in [5.41, 5.74) is 4.57. The molecular weight excluding hydrogens is 635 g/mol. The van der Waals surface area contributed by atoms with Gasteiger partial charge in [0.05, 0.1) is 6.20 Å². The lowest BCUT2D eigenvalue weighted by atomic mass is 9.94. The van der Waals surface area contributed by atoms with Gasteiger partial charge in [0.2, 0.25) is 18.1 Å². The van der Waals surface area contributed by atoms with Crippen LogP contribution in [0.5, 0.6) is 0 Å². The highest BCUT2D eigenvalue weighted by molar-refractivity contribution is 7.86. The van der Waals surface area contributed by atoms with E-state index in [9.17, 15) is 26.4 Å². The summed E-state index contributed by atoms with van der Waals surface area (Å²) in [6.07, 6.45) is -0.995. The summed E-state index contributed by atoms with van der Waals surface area (Å²) in [6.45, 7) is 0.844. The van der Waals surface area contributed by atoms with Gasteiger partial charge in [-0.15, -0.1) is 0 Å². The fourth-order valence-corrected chi connectivity index (χ4v) is 6.18. The summed E-state index contributed by atoms with van der Waals surface area (Å²) >= 11 is 6.36. The maximum atomic E-state index is 13.1. The molecule has 2 aliphatic rings. The second kappa shape index (κ2) is 14.5. The van der Waals surface area contributed by atoms with Gasteiger partial charge < -0.3 is 16.0 Å². The average molecular weight is 668 g/mol. The van der Waals surface area contributed by atoms with E-state index in [1.165, 1.54) is 22.7 Å². The number of rotatable bonds is 5. The van der Waals surface area contributed by atoms with E-state index in [1.807, 2.05) is 30.3 Å². The van der Waals surface area contributed by atoms with Crippen LogP contribution in [0.1, 0.15) is 30.4 Å². The van der Waals surface area contributed by atoms with Gasteiger partial charge in [-0.1, -0.05) is 23.7 Å². The molecule has 0 saturated carbocycles. The van der Waals surface area contributed by atoms with Crippen LogP contribution in [0, 0.1) is 5.92 Å². The quantitative estimate of drug-likeness (QED) is 0.312. The number of aldehydes is 1. The number of piperidine rings is 1. The molecule has 0 atom stereocenters. The van der Waals surface area contributed by atoms with Gasteiger partial charge in [-0.2, -0.15) is 35.2 Å². The minimum Gasteiger partial charge on any atom is -0.339 e. The Balaban J connectivity index is 0.000000700. The highest BCUT2D eigenvalue weighted by atomic mass is 35.5. The van der Waals surface area contributed by atoms with E-state index in [-0.39, 0.29) is 11.8 Å². The Morgan fingerprint density at radius 2 is 1.80 bits per heavy atom. The Bertz CT molecular complexity index is 1630. The molecule has 6 bridgehead atoms. The van der Waals surface area contributed by atoms with E-state index < -0.39 is 22.7 Å². The van der Waals surface area contributed by atoms with Gasteiger partial charge >= 0.3 is 6.18 Å². The fourth-order valence-electron chi connectivity index (χ4n) is 4.90. The minimum atomic E-state index is -4.64. The monoisotopic (exact) mass is 667 g/mol. The van der Waals surface area contributed by atoms with E-state index in [4.69, 9.17) is 16.4 Å². The maximum Gasteiger partial charge on any atom is 0.446 e. The molecule has 1 saturated heterocycles. The van der Waals surface area contributed by atoms with Gasteiger partial charge in [0, 0.05) is 50.7 Å². The van der Waals surface area contributed by atoms with Crippen molar-refractivity contribution in [3.05, 3.63) is 64.8 Å². The number of anilines is 5. The number of amides is 1. The average Bonchev–Trinajstić information content (AvgIpc) is 2.99. The third kappa shape index (κ3) is 9.60. The number of halogens is 4. The second-order valence-electron chi connectivity index (χ2n) is 10.8. The highest BCUT2D eigenvalue weighted by Crippen LogP contribution is 2.30.